The Hall–Kier alpha value is -1.09. The van der Waals surface area contributed by atoms with E-state index in [1.54, 1.807) is 6.07 Å². The van der Waals surface area contributed by atoms with Crippen LogP contribution >= 0.6 is 15.9 Å². The Kier molecular flexibility index (Phi) is 2.19. The molecule has 0 radical (unpaired) electrons. The predicted octanol–water partition coefficient (Wildman–Crippen LogP) is 2.59. The number of ether oxygens (including phenoxy) is 1. The predicted molar refractivity (Wildman–Crippen MR) is 53.6 cm³/mol. The minimum atomic E-state index is -0.261. The number of benzene rings is 1. The number of fused-ring (bicyclic) bond motifs is 1. The second-order valence-corrected chi connectivity index (χ2v) is 3.31. The molecule has 1 aliphatic rings. The lowest BCUT2D eigenvalue weighted by molar-refractivity contribution is 0.0715. The van der Waals surface area contributed by atoms with Crippen LogP contribution < -0.4 is 0 Å². The van der Waals surface area contributed by atoms with Crippen molar-refractivity contribution in [1.82, 2.24) is 0 Å². The average Bonchev–Trinajstić information content (AvgIpc) is 2.46. The summed E-state index contributed by atoms with van der Waals surface area (Å²) in [6.07, 6.45) is 1.84. The van der Waals surface area contributed by atoms with Crippen LogP contribution in [0.5, 0.6) is 0 Å². The number of halogens is 1. The zero-order valence-corrected chi connectivity index (χ0v) is 8.37. The van der Waals surface area contributed by atoms with E-state index in [9.17, 15) is 4.79 Å². The Morgan fingerprint density at radius 1 is 1.31 bits per heavy atom. The molecule has 0 saturated heterocycles. The van der Waals surface area contributed by atoms with E-state index in [0.29, 0.717) is 16.7 Å². The molecule has 1 aliphatic heterocycles. The van der Waals surface area contributed by atoms with Crippen molar-refractivity contribution < 1.29 is 9.53 Å². The van der Waals surface area contributed by atoms with E-state index >= 15 is 0 Å². The number of alkyl halides is 1. The molecule has 0 atom stereocenters. The number of carbonyl (C=O) groups is 1. The molecule has 0 fully saturated rings. The molecule has 0 aromatic heterocycles. The minimum Gasteiger partial charge on any atom is -0.423 e. The molecule has 2 rings (SSSR count). The fourth-order valence-electron chi connectivity index (χ4n) is 1.31. The van der Waals surface area contributed by atoms with Crippen molar-refractivity contribution in [3.63, 3.8) is 0 Å². The van der Waals surface area contributed by atoms with Gasteiger partial charge in [0.2, 0.25) is 0 Å². The Bertz CT molecular complexity index is 382. The standard InChI is InChI=1S/C10H7BrO2/c11-6-5-9-7-3-1-2-4-8(7)10(12)13-9/h1-5H,6H2/b9-5-. The summed E-state index contributed by atoms with van der Waals surface area (Å²) in [5.41, 5.74) is 1.53. The summed E-state index contributed by atoms with van der Waals surface area (Å²) < 4.78 is 5.06. The van der Waals surface area contributed by atoms with Crippen LogP contribution in [-0.2, 0) is 4.74 Å². The Morgan fingerprint density at radius 2 is 2.00 bits per heavy atom. The zero-order chi connectivity index (χ0) is 9.26. The van der Waals surface area contributed by atoms with Crippen molar-refractivity contribution in [3.8, 4) is 0 Å². The molecule has 0 N–H and O–H groups in total. The third kappa shape index (κ3) is 1.40. The number of hydrogen-bond acceptors (Lipinski definition) is 2. The fourth-order valence-corrected chi connectivity index (χ4v) is 1.60. The molecule has 3 heteroatoms. The smallest absolute Gasteiger partial charge is 0.344 e. The van der Waals surface area contributed by atoms with Crippen molar-refractivity contribution >= 4 is 27.7 Å². The second-order valence-electron chi connectivity index (χ2n) is 2.66. The fraction of sp³-hybridized carbons (Fsp3) is 0.100. The maximum Gasteiger partial charge on any atom is 0.344 e. The molecule has 0 spiro atoms. The Balaban J connectivity index is 2.53. The number of esters is 1. The highest BCUT2D eigenvalue weighted by Gasteiger charge is 2.24. The lowest BCUT2D eigenvalue weighted by Crippen LogP contribution is -1.92. The van der Waals surface area contributed by atoms with E-state index in [0.717, 1.165) is 5.56 Å². The first-order valence-electron chi connectivity index (χ1n) is 3.90. The molecule has 0 unspecified atom stereocenters. The van der Waals surface area contributed by atoms with E-state index in [4.69, 9.17) is 4.74 Å². The van der Waals surface area contributed by atoms with Gasteiger partial charge in [0.15, 0.2) is 0 Å². The zero-order valence-electron chi connectivity index (χ0n) is 6.79. The summed E-state index contributed by atoms with van der Waals surface area (Å²) in [4.78, 5) is 11.3. The third-order valence-electron chi connectivity index (χ3n) is 1.88. The average molecular weight is 239 g/mol. The van der Waals surface area contributed by atoms with Gasteiger partial charge in [-0.3, -0.25) is 0 Å². The summed E-state index contributed by atoms with van der Waals surface area (Å²) in [5, 5.41) is 0.684. The van der Waals surface area contributed by atoms with Crippen LogP contribution in [0.2, 0.25) is 0 Å². The van der Waals surface area contributed by atoms with Gasteiger partial charge in [0.1, 0.15) is 5.76 Å². The van der Waals surface area contributed by atoms with Crippen LogP contribution in [0.1, 0.15) is 15.9 Å². The molecular formula is C10H7BrO2. The number of carbonyl (C=O) groups excluding carboxylic acids is 1. The van der Waals surface area contributed by atoms with Crippen molar-refractivity contribution in [1.29, 1.82) is 0 Å². The van der Waals surface area contributed by atoms with Gasteiger partial charge in [0.05, 0.1) is 5.56 Å². The summed E-state index contributed by atoms with van der Waals surface area (Å²) >= 11 is 3.26. The lowest BCUT2D eigenvalue weighted by Gasteiger charge is -1.94. The molecule has 66 valence electrons. The maximum absolute atomic E-state index is 11.3. The highest BCUT2D eigenvalue weighted by molar-refractivity contribution is 9.09. The van der Waals surface area contributed by atoms with Crippen LogP contribution in [0.3, 0.4) is 0 Å². The number of allylic oxidation sites excluding steroid dienone is 1. The monoisotopic (exact) mass is 238 g/mol. The Morgan fingerprint density at radius 3 is 2.69 bits per heavy atom. The quantitative estimate of drug-likeness (QED) is 0.556. The van der Waals surface area contributed by atoms with Crippen LogP contribution in [0, 0.1) is 0 Å². The minimum absolute atomic E-state index is 0.261. The van der Waals surface area contributed by atoms with E-state index in [1.165, 1.54) is 0 Å². The molecule has 0 amide bonds. The number of rotatable bonds is 1. The van der Waals surface area contributed by atoms with Gasteiger partial charge < -0.3 is 4.74 Å². The normalized spacial score (nSPS) is 17.3. The van der Waals surface area contributed by atoms with Crippen molar-refractivity contribution in [2.24, 2.45) is 0 Å². The maximum atomic E-state index is 11.3. The van der Waals surface area contributed by atoms with E-state index in [1.807, 2.05) is 24.3 Å². The van der Waals surface area contributed by atoms with E-state index < -0.39 is 0 Å². The molecule has 0 bridgehead atoms. The van der Waals surface area contributed by atoms with Crippen LogP contribution in [0.15, 0.2) is 30.3 Å². The summed E-state index contributed by atoms with van der Waals surface area (Å²) in [6, 6.07) is 7.38. The van der Waals surface area contributed by atoms with E-state index in [-0.39, 0.29) is 5.97 Å². The van der Waals surface area contributed by atoms with Crippen molar-refractivity contribution in [2.45, 2.75) is 0 Å². The molecule has 1 aromatic rings. The summed E-state index contributed by atoms with van der Waals surface area (Å²) in [6.45, 7) is 0. The summed E-state index contributed by atoms with van der Waals surface area (Å²) in [7, 11) is 0. The van der Waals surface area contributed by atoms with Gasteiger partial charge >= 0.3 is 5.97 Å². The Labute approximate surface area is 84.3 Å². The number of hydrogen-bond donors (Lipinski definition) is 0. The van der Waals surface area contributed by atoms with E-state index in [2.05, 4.69) is 15.9 Å². The van der Waals surface area contributed by atoms with Gasteiger partial charge in [-0.15, -0.1) is 0 Å². The first-order valence-corrected chi connectivity index (χ1v) is 5.03. The topological polar surface area (TPSA) is 26.3 Å². The molecule has 13 heavy (non-hydrogen) atoms. The number of cyclic esters (lactones) is 1. The third-order valence-corrected chi connectivity index (χ3v) is 2.20. The van der Waals surface area contributed by atoms with Gasteiger partial charge in [0.25, 0.3) is 0 Å². The van der Waals surface area contributed by atoms with Gasteiger partial charge in [-0.25, -0.2) is 4.79 Å². The lowest BCUT2D eigenvalue weighted by atomic mass is 10.1. The SMILES string of the molecule is O=C1O/C(=C\CBr)c2ccccc21. The molecule has 2 nitrogen and oxygen atoms in total. The second kappa shape index (κ2) is 3.34. The molecule has 0 aliphatic carbocycles. The summed E-state index contributed by atoms with van der Waals surface area (Å²) in [5.74, 6) is 0.389. The molecular weight excluding hydrogens is 232 g/mol. The molecule has 1 heterocycles. The van der Waals surface area contributed by atoms with Crippen molar-refractivity contribution in [3.05, 3.63) is 41.5 Å². The largest absolute Gasteiger partial charge is 0.423 e. The highest BCUT2D eigenvalue weighted by Crippen LogP contribution is 2.29. The van der Waals surface area contributed by atoms with Gasteiger partial charge in [-0.05, 0) is 12.1 Å². The van der Waals surface area contributed by atoms with Crippen LogP contribution in [0.25, 0.3) is 5.76 Å². The first-order chi connectivity index (χ1) is 6.33. The highest BCUT2D eigenvalue weighted by atomic mass is 79.9. The van der Waals surface area contributed by atoms with Crippen molar-refractivity contribution in [2.75, 3.05) is 5.33 Å². The van der Waals surface area contributed by atoms with Crippen LogP contribution in [-0.4, -0.2) is 11.3 Å². The van der Waals surface area contributed by atoms with Crippen LogP contribution in [0.4, 0.5) is 0 Å². The first kappa shape index (κ1) is 8.51. The molecule has 0 saturated carbocycles. The van der Waals surface area contributed by atoms with Gasteiger partial charge in [-0.2, -0.15) is 0 Å². The van der Waals surface area contributed by atoms with Gasteiger partial charge in [0, 0.05) is 10.9 Å². The van der Waals surface area contributed by atoms with Gasteiger partial charge in [-0.1, -0.05) is 34.1 Å². The molecule has 1 aromatic carbocycles.